The van der Waals surface area contributed by atoms with Gasteiger partial charge in [-0.1, -0.05) is 40.2 Å². The predicted octanol–water partition coefficient (Wildman–Crippen LogP) is 8.13. The fourth-order valence-corrected chi connectivity index (χ4v) is 6.85. The highest BCUT2D eigenvalue weighted by molar-refractivity contribution is 9.10. The van der Waals surface area contributed by atoms with Crippen molar-refractivity contribution < 1.29 is 5.11 Å². The number of phenolic OH excluding ortho intramolecular Hbond substituents is 1. The molecule has 10 heteroatoms. The zero-order chi connectivity index (χ0) is 29.9. The Morgan fingerprint density at radius 1 is 0.667 bits per heavy atom. The highest BCUT2D eigenvalue weighted by Gasteiger charge is 2.32. The summed E-state index contributed by atoms with van der Waals surface area (Å²) in [7, 11) is 0. The van der Waals surface area contributed by atoms with Gasteiger partial charge in [0.1, 0.15) is 5.75 Å². The van der Waals surface area contributed by atoms with Gasteiger partial charge in [0.25, 0.3) is 0 Å². The molecule has 3 aromatic rings. The lowest BCUT2D eigenvalue weighted by molar-refractivity contribution is -0.0104. The van der Waals surface area contributed by atoms with Gasteiger partial charge in [0, 0.05) is 97.3 Å². The van der Waals surface area contributed by atoms with Crippen LogP contribution in [0.2, 0.25) is 0 Å². The molecule has 1 N–H and O–H groups in total. The minimum Gasteiger partial charge on any atom is -0.508 e. The number of phenols is 1. The molecule has 1 aliphatic rings. The van der Waals surface area contributed by atoms with Crippen molar-refractivity contribution in [3.05, 3.63) is 87.9 Å². The predicted molar refractivity (Wildman–Crippen MR) is 184 cm³/mol. The number of aromatic hydroxyl groups is 1. The minimum atomic E-state index is -0.0800. The van der Waals surface area contributed by atoms with E-state index >= 15 is 0 Å². The number of hydrogen-bond donors (Lipinski definition) is 1. The van der Waals surface area contributed by atoms with Crippen LogP contribution in [0.25, 0.3) is 0 Å². The number of hydrogen-bond acceptors (Lipinski definition) is 5. The van der Waals surface area contributed by atoms with Crippen molar-refractivity contribution in [2.24, 2.45) is 0 Å². The molecule has 0 amide bonds. The second-order valence-corrected chi connectivity index (χ2v) is 12.9. The molecule has 0 radical (unpaired) electrons. The maximum atomic E-state index is 11.0. The van der Waals surface area contributed by atoms with Crippen molar-refractivity contribution in [2.45, 2.75) is 25.7 Å². The Balaban J connectivity index is 1.57. The molecule has 0 aliphatic carbocycles. The van der Waals surface area contributed by atoms with Crippen LogP contribution < -0.4 is 9.80 Å². The van der Waals surface area contributed by atoms with Gasteiger partial charge in [-0.25, -0.2) is 0 Å². The van der Waals surface area contributed by atoms with Gasteiger partial charge in [0.05, 0.1) is 6.17 Å². The van der Waals surface area contributed by atoms with Crippen LogP contribution in [-0.4, -0.2) is 77.7 Å². The Kier molecular flexibility index (Phi) is 13.7. The van der Waals surface area contributed by atoms with Crippen molar-refractivity contribution in [1.82, 2.24) is 9.80 Å². The molecule has 5 nitrogen and oxygen atoms in total. The van der Waals surface area contributed by atoms with Crippen LogP contribution in [0.15, 0.2) is 71.2 Å². The highest BCUT2D eigenvalue weighted by atomic mass is 79.9. The van der Waals surface area contributed by atoms with Crippen LogP contribution >= 0.6 is 62.3 Å². The summed E-state index contributed by atoms with van der Waals surface area (Å²) < 4.78 is 0.951. The number of alkyl halides is 4. The fourth-order valence-electron chi connectivity index (χ4n) is 5.65. The van der Waals surface area contributed by atoms with Crippen molar-refractivity contribution in [2.75, 3.05) is 72.6 Å². The lowest BCUT2D eigenvalue weighted by Gasteiger charge is -2.44. The molecule has 0 aromatic heterocycles. The zero-order valence-electron chi connectivity index (χ0n) is 23.7. The molecule has 0 spiro atoms. The molecule has 228 valence electrons. The van der Waals surface area contributed by atoms with Crippen LogP contribution in [0.4, 0.5) is 11.4 Å². The summed E-state index contributed by atoms with van der Waals surface area (Å²) in [6.45, 7) is 6.45. The smallest absolute Gasteiger partial charge is 0.121 e. The first-order chi connectivity index (χ1) is 20.5. The molecule has 3 aromatic carbocycles. The van der Waals surface area contributed by atoms with E-state index in [4.69, 9.17) is 46.4 Å². The third-order valence-corrected chi connectivity index (χ3v) is 8.81. The lowest BCUT2D eigenvalue weighted by Crippen LogP contribution is -2.46. The molecule has 1 fully saturated rings. The quantitative estimate of drug-likeness (QED) is 0.161. The van der Waals surface area contributed by atoms with Gasteiger partial charge in [-0.05, 0) is 60.0 Å². The average Bonchev–Trinajstić information content (AvgIpc) is 2.99. The summed E-state index contributed by atoms with van der Waals surface area (Å²) in [6.07, 6.45) is 0.962. The van der Waals surface area contributed by atoms with Crippen molar-refractivity contribution in [1.29, 1.82) is 0 Å². The summed E-state index contributed by atoms with van der Waals surface area (Å²) in [5, 5.41) is 11.0. The SMILES string of the molecule is Oc1ccc(Br)cc1C1N(Cc2ccc(N(CCCl)CCCl)cc2)CCCN1Cc1ccc(N(CCCl)CCCl)cc1. The van der Waals surface area contributed by atoms with Crippen LogP contribution in [0.1, 0.15) is 29.3 Å². The molecule has 42 heavy (non-hydrogen) atoms. The van der Waals surface area contributed by atoms with Crippen LogP contribution in [0.5, 0.6) is 5.75 Å². The summed E-state index contributed by atoms with van der Waals surface area (Å²) in [5.41, 5.74) is 5.60. The third-order valence-electron chi connectivity index (χ3n) is 7.64. The maximum absolute atomic E-state index is 11.0. The van der Waals surface area contributed by atoms with Crippen LogP contribution in [0, 0.1) is 0 Å². The average molecular weight is 717 g/mol. The largest absolute Gasteiger partial charge is 0.508 e. The maximum Gasteiger partial charge on any atom is 0.121 e. The van der Waals surface area contributed by atoms with Gasteiger partial charge >= 0.3 is 0 Å². The van der Waals surface area contributed by atoms with E-state index in [1.165, 1.54) is 11.1 Å². The van der Waals surface area contributed by atoms with Crippen LogP contribution in [-0.2, 0) is 13.1 Å². The standard InChI is InChI=1S/C32H39BrCl4N4O/c33-27-6-11-31(42)30(22-27)32-40(23-25-2-7-28(8-3-25)38(18-12-34)19-13-35)16-1-17-41(32)24-26-4-9-29(10-5-26)39(20-14-36)21-15-37/h2-11,22,32,42H,1,12-21,23-24H2. The molecule has 0 saturated carbocycles. The molecule has 0 bridgehead atoms. The van der Waals surface area contributed by atoms with Gasteiger partial charge in [-0.3, -0.25) is 9.80 Å². The van der Waals surface area contributed by atoms with Crippen LogP contribution in [0.3, 0.4) is 0 Å². The first-order valence-electron chi connectivity index (χ1n) is 14.4. The Morgan fingerprint density at radius 3 is 1.50 bits per heavy atom. The Morgan fingerprint density at radius 2 is 1.10 bits per heavy atom. The normalized spacial score (nSPS) is 14.8. The lowest BCUT2D eigenvalue weighted by atomic mass is 10.0. The number of benzene rings is 3. The van der Waals surface area contributed by atoms with E-state index in [2.05, 4.69) is 84.1 Å². The molecule has 1 saturated heterocycles. The minimum absolute atomic E-state index is 0.0800. The molecule has 1 aliphatic heterocycles. The van der Waals surface area contributed by atoms with Gasteiger partial charge in [0.2, 0.25) is 0 Å². The van der Waals surface area contributed by atoms with E-state index in [-0.39, 0.29) is 6.17 Å². The van der Waals surface area contributed by atoms with Crippen molar-refractivity contribution in [3.8, 4) is 5.75 Å². The summed E-state index contributed by atoms with van der Waals surface area (Å²) >= 11 is 27.7. The van der Waals surface area contributed by atoms with E-state index in [1.54, 1.807) is 6.07 Å². The van der Waals surface area contributed by atoms with Gasteiger partial charge in [-0.2, -0.15) is 0 Å². The zero-order valence-corrected chi connectivity index (χ0v) is 28.4. The summed E-state index contributed by atoms with van der Waals surface area (Å²) in [4.78, 5) is 9.36. The van der Waals surface area contributed by atoms with Gasteiger partial charge in [0.15, 0.2) is 0 Å². The van der Waals surface area contributed by atoms with E-state index in [9.17, 15) is 5.11 Å². The number of halogens is 5. The summed E-state index contributed by atoms with van der Waals surface area (Å²) in [5.74, 6) is 2.54. The number of anilines is 2. The number of nitrogens with zero attached hydrogens (tertiary/aromatic N) is 4. The second kappa shape index (κ2) is 17.2. The molecule has 0 atom stereocenters. The molecule has 1 heterocycles. The van der Waals surface area contributed by atoms with Gasteiger partial charge < -0.3 is 14.9 Å². The van der Waals surface area contributed by atoms with E-state index in [1.807, 2.05) is 12.1 Å². The Hall–Kier alpha value is -1.38. The monoisotopic (exact) mass is 714 g/mol. The van der Waals surface area contributed by atoms with Crippen molar-refractivity contribution in [3.63, 3.8) is 0 Å². The molecule has 4 rings (SSSR count). The molecular weight excluding hydrogens is 678 g/mol. The molecular formula is C32H39BrCl4N4O. The van der Waals surface area contributed by atoms with E-state index in [0.29, 0.717) is 29.3 Å². The first-order valence-corrected chi connectivity index (χ1v) is 17.3. The van der Waals surface area contributed by atoms with Crippen molar-refractivity contribution >= 4 is 73.7 Å². The fraction of sp³-hybridized carbons (Fsp3) is 0.438. The highest BCUT2D eigenvalue weighted by Crippen LogP contribution is 2.38. The van der Waals surface area contributed by atoms with Gasteiger partial charge in [-0.15, -0.1) is 46.4 Å². The third kappa shape index (κ3) is 9.07. The summed E-state index contributed by atoms with van der Waals surface area (Å²) in [6, 6.07) is 23.1. The topological polar surface area (TPSA) is 33.2 Å². The van der Waals surface area contributed by atoms with E-state index in [0.717, 1.165) is 80.2 Å². The number of rotatable bonds is 15. The molecule has 0 unspecified atom stereocenters. The second-order valence-electron chi connectivity index (χ2n) is 10.4. The first kappa shape index (κ1) is 33.5. The Bertz CT molecular complexity index is 1150. The Labute approximate surface area is 279 Å². The van der Waals surface area contributed by atoms with E-state index < -0.39 is 0 Å².